The lowest BCUT2D eigenvalue weighted by Crippen LogP contribution is -2.07. The summed E-state index contributed by atoms with van der Waals surface area (Å²) in [6.45, 7) is 3.47. The lowest BCUT2D eigenvalue weighted by Gasteiger charge is -2.09. The third-order valence-electron chi connectivity index (χ3n) is 2.52. The second kappa shape index (κ2) is 5.01. The van der Waals surface area contributed by atoms with Gasteiger partial charge in [-0.15, -0.1) is 0 Å². The Morgan fingerprint density at radius 2 is 2.00 bits per heavy atom. The molecule has 0 aliphatic rings. The molecule has 0 fully saturated rings. The van der Waals surface area contributed by atoms with Gasteiger partial charge in [0.1, 0.15) is 5.82 Å². The molecule has 5 nitrogen and oxygen atoms in total. The number of benzene rings is 1. The van der Waals surface area contributed by atoms with Gasteiger partial charge in [-0.1, -0.05) is 6.07 Å². The summed E-state index contributed by atoms with van der Waals surface area (Å²) in [6, 6.07) is 5.64. The first kappa shape index (κ1) is 12.9. The molecular formula is C13H12FN3O2. The van der Waals surface area contributed by atoms with Crippen molar-refractivity contribution < 1.29 is 14.3 Å². The van der Waals surface area contributed by atoms with Crippen molar-refractivity contribution in [3.05, 3.63) is 47.0 Å². The summed E-state index contributed by atoms with van der Waals surface area (Å²) in [5.41, 5.74) is 1.72. The lowest BCUT2D eigenvalue weighted by atomic mass is 10.2. The topological polar surface area (TPSA) is 75.1 Å². The van der Waals surface area contributed by atoms with Crippen LogP contribution < -0.4 is 5.32 Å². The van der Waals surface area contributed by atoms with E-state index in [9.17, 15) is 9.18 Å². The molecular weight excluding hydrogens is 249 g/mol. The van der Waals surface area contributed by atoms with Crippen LogP contribution in [0, 0.1) is 19.7 Å². The van der Waals surface area contributed by atoms with Gasteiger partial charge in [0.05, 0.1) is 0 Å². The van der Waals surface area contributed by atoms with Crippen molar-refractivity contribution in [1.82, 2.24) is 9.97 Å². The number of aromatic nitrogens is 2. The Balaban J connectivity index is 2.38. The number of rotatable bonds is 3. The van der Waals surface area contributed by atoms with Crippen molar-refractivity contribution in [3.8, 4) is 0 Å². The molecule has 0 bridgehead atoms. The normalized spacial score (nSPS) is 10.3. The van der Waals surface area contributed by atoms with Gasteiger partial charge in [-0.2, -0.15) is 0 Å². The average Bonchev–Trinajstić information content (AvgIpc) is 2.33. The number of carbonyl (C=O) groups is 1. The fraction of sp³-hybridized carbons (Fsp3) is 0.154. The minimum absolute atomic E-state index is 0.107. The zero-order valence-corrected chi connectivity index (χ0v) is 10.4. The highest BCUT2D eigenvalue weighted by Crippen LogP contribution is 2.19. The highest BCUT2D eigenvalue weighted by molar-refractivity contribution is 5.85. The molecule has 1 aromatic heterocycles. The fourth-order valence-corrected chi connectivity index (χ4v) is 1.58. The van der Waals surface area contributed by atoms with Crippen molar-refractivity contribution in [2.75, 3.05) is 5.32 Å². The van der Waals surface area contributed by atoms with Gasteiger partial charge >= 0.3 is 5.97 Å². The van der Waals surface area contributed by atoms with Gasteiger partial charge in [0.15, 0.2) is 5.69 Å². The number of halogens is 1. The molecule has 2 rings (SSSR count). The van der Waals surface area contributed by atoms with Crippen LogP contribution in [0.15, 0.2) is 24.3 Å². The zero-order valence-electron chi connectivity index (χ0n) is 10.4. The first-order valence-corrected chi connectivity index (χ1v) is 5.58. The number of hydrogen-bond donors (Lipinski definition) is 2. The van der Waals surface area contributed by atoms with E-state index >= 15 is 0 Å². The second-order valence-corrected chi connectivity index (χ2v) is 4.11. The molecule has 0 aliphatic carbocycles. The van der Waals surface area contributed by atoms with Crippen LogP contribution in [-0.2, 0) is 0 Å². The fourth-order valence-electron chi connectivity index (χ4n) is 1.58. The third kappa shape index (κ3) is 3.04. The van der Waals surface area contributed by atoms with Crippen molar-refractivity contribution in [3.63, 3.8) is 0 Å². The molecule has 2 N–H and O–H groups in total. The molecule has 19 heavy (non-hydrogen) atoms. The number of hydrogen-bond acceptors (Lipinski definition) is 4. The summed E-state index contributed by atoms with van der Waals surface area (Å²) in [5, 5.41) is 11.7. The van der Waals surface area contributed by atoms with E-state index in [4.69, 9.17) is 5.11 Å². The molecule has 0 saturated carbocycles. The number of nitrogens with one attached hydrogen (secondary N) is 1. The molecule has 6 heteroatoms. The highest BCUT2D eigenvalue weighted by Gasteiger charge is 2.09. The molecule has 0 unspecified atom stereocenters. The Kier molecular flexibility index (Phi) is 3.41. The van der Waals surface area contributed by atoms with E-state index in [0.717, 1.165) is 5.56 Å². The van der Waals surface area contributed by atoms with Crippen LogP contribution in [0.1, 0.15) is 21.7 Å². The first-order chi connectivity index (χ1) is 8.95. The van der Waals surface area contributed by atoms with Crippen LogP contribution in [0.2, 0.25) is 0 Å². The minimum atomic E-state index is -1.13. The Hall–Kier alpha value is -2.50. The van der Waals surface area contributed by atoms with E-state index in [1.54, 1.807) is 19.9 Å². The summed E-state index contributed by atoms with van der Waals surface area (Å²) in [4.78, 5) is 18.8. The largest absolute Gasteiger partial charge is 0.477 e. The molecule has 0 saturated heterocycles. The van der Waals surface area contributed by atoms with E-state index in [2.05, 4.69) is 15.3 Å². The lowest BCUT2D eigenvalue weighted by molar-refractivity contribution is 0.0690. The molecule has 0 radical (unpaired) electrons. The van der Waals surface area contributed by atoms with E-state index in [-0.39, 0.29) is 17.5 Å². The molecule has 98 valence electrons. The predicted molar refractivity (Wildman–Crippen MR) is 68.1 cm³/mol. The summed E-state index contributed by atoms with van der Waals surface area (Å²) < 4.78 is 13.2. The molecule has 0 aliphatic heterocycles. The first-order valence-electron chi connectivity index (χ1n) is 5.58. The molecule has 0 atom stereocenters. The van der Waals surface area contributed by atoms with Gasteiger partial charge < -0.3 is 10.4 Å². The maximum absolute atomic E-state index is 13.2. The molecule has 1 aromatic carbocycles. The van der Waals surface area contributed by atoms with Gasteiger partial charge in [-0.25, -0.2) is 19.2 Å². The summed E-state index contributed by atoms with van der Waals surface area (Å²) >= 11 is 0. The quantitative estimate of drug-likeness (QED) is 0.888. The predicted octanol–water partition coefficient (Wildman–Crippen LogP) is 2.67. The van der Waals surface area contributed by atoms with Gasteiger partial charge in [0, 0.05) is 11.4 Å². The number of anilines is 2. The smallest absolute Gasteiger partial charge is 0.354 e. The highest BCUT2D eigenvalue weighted by atomic mass is 19.1. The van der Waals surface area contributed by atoms with Crippen LogP contribution in [0.5, 0.6) is 0 Å². The van der Waals surface area contributed by atoms with Crippen LogP contribution >= 0.6 is 0 Å². The number of aromatic carboxylic acids is 1. The number of aryl methyl sites for hydroxylation is 2. The maximum Gasteiger partial charge on any atom is 0.354 e. The summed E-state index contributed by atoms with van der Waals surface area (Å²) in [6.07, 6.45) is 0. The van der Waals surface area contributed by atoms with Crippen LogP contribution in [0.3, 0.4) is 0 Å². The molecule has 0 spiro atoms. The van der Waals surface area contributed by atoms with Crippen molar-refractivity contribution in [2.45, 2.75) is 13.8 Å². The second-order valence-electron chi connectivity index (χ2n) is 4.11. The van der Waals surface area contributed by atoms with Crippen molar-refractivity contribution in [1.29, 1.82) is 0 Å². The van der Waals surface area contributed by atoms with E-state index < -0.39 is 5.97 Å². The van der Waals surface area contributed by atoms with Crippen LogP contribution in [0.4, 0.5) is 16.0 Å². The van der Waals surface area contributed by atoms with Gasteiger partial charge in [-0.05, 0) is 37.6 Å². The number of carboxylic acid groups (broad SMARTS) is 1. The Morgan fingerprint density at radius 3 is 2.68 bits per heavy atom. The van der Waals surface area contributed by atoms with Crippen molar-refractivity contribution in [2.24, 2.45) is 0 Å². The van der Waals surface area contributed by atoms with E-state index in [1.807, 2.05) is 0 Å². The van der Waals surface area contributed by atoms with Gasteiger partial charge in [-0.3, -0.25) is 0 Å². The zero-order chi connectivity index (χ0) is 14.0. The Bertz CT molecular complexity index is 644. The number of carboxylic acids is 1. The van der Waals surface area contributed by atoms with E-state index in [0.29, 0.717) is 11.4 Å². The van der Waals surface area contributed by atoms with Crippen molar-refractivity contribution >= 4 is 17.6 Å². The molecule has 2 aromatic rings. The van der Waals surface area contributed by atoms with Gasteiger partial charge in [0.2, 0.25) is 5.95 Å². The van der Waals surface area contributed by atoms with Crippen LogP contribution in [0.25, 0.3) is 0 Å². The monoisotopic (exact) mass is 261 g/mol. The summed E-state index contributed by atoms with van der Waals surface area (Å²) in [7, 11) is 0. The molecule has 1 heterocycles. The Labute approximate surface area is 109 Å². The minimum Gasteiger partial charge on any atom is -0.477 e. The molecule has 0 amide bonds. The summed E-state index contributed by atoms with van der Waals surface area (Å²) in [5.74, 6) is -1.39. The average molecular weight is 261 g/mol. The maximum atomic E-state index is 13.2. The SMILES string of the molecule is Cc1cc(C(=O)O)nc(Nc2cc(F)ccc2C)n1. The Morgan fingerprint density at radius 1 is 1.26 bits per heavy atom. The standard InChI is InChI=1S/C13H12FN3O2/c1-7-3-4-9(14)6-10(7)16-13-15-8(2)5-11(17-13)12(18)19/h3-6H,1-2H3,(H,18,19)(H,15,16,17). The van der Waals surface area contributed by atoms with E-state index in [1.165, 1.54) is 18.2 Å². The van der Waals surface area contributed by atoms with Crippen LogP contribution in [-0.4, -0.2) is 21.0 Å². The number of nitrogens with zero attached hydrogens (tertiary/aromatic N) is 2. The van der Waals surface area contributed by atoms with Gasteiger partial charge in [0.25, 0.3) is 0 Å². The third-order valence-corrected chi connectivity index (χ3v) is 2.52.